The number of nitrogens with zero attached hydrogens (tertiary/aromatic N) is 1. The first-order valence-electron chi connectivity index (χ1n) is 6.03. The molecule has 0 fully saturated rings. The summed E-state index contributed by atoms with van der Waals surface area (Å²) in [7, 11) is 0. The molecular formula is C13H9F6NO3. The van der Waals surface area contributed by atoms with Crippen molar-refractivity contribution in [3.63, 3.8) is 0 Å². The summed E-state index contributed by atoms with van der Waals surface area (Å²) in [5, 5.41) is 8.79. The first-order valence-corrected chi connectivity index (χ1v) is 6.03. The molecule has 0 spiro atoms. The van der Waals surface area contributed by atoms with Crippen LogP contribution in [0.4, 0.5) is 26.3 Å². The second-order valence-corrected chi connectivity index (χ2v) is 4.16. The van der Waals surface area contributed by atoms with E-state index in [1.54, 1.807) is 0 Å². The Morgan fingerprint density at radius 2 is 1.83 bits per heavy atom. The third-order valence-corrected chi connectivity index (χ3v) is 2.45. The van der Waals surface area contributed by atoms with Gasteiger partial charge in [0.25, 0.3) is 0 Å². The topological polar surface area (TPSA) is 59.3 Å². The maximum absolute atomic E-state index is 12.9. The molecule has 0 unspecified atom stereocenters. The molecular weight excluding hydrogens is 332 g/mol. The van der Waals surface area contributed by atoms with Crippen molar-refractivity contribution in [1.29, 1.82) is 5.26 Å². The highest BCUT2D eigenvalue weighted by Gasteiger charge is 2.41. The molecule has 0 heterocycles. The normalized spacial score (nSPS) is 11.7. The molecule has 0 N–H and O–H groups in total. The third-order valence-electron chi connectivity index (χ3n) is 2.45. The van der Waals surface area contributed by atoms with Gasteiger partial charge in [-0.1, -0.05) is 0 Å². The van der Waals surface area contributed by atoms with Crippen molar-refractivity contribution < 1.29 is 40.6 Å². The van der Waals surface area contributed by atoms with Gasteiger partial charge in [-0.05, 0) is 24.6 Å². The van der Waals surface area contributed by atoms with E-state index >= 15 is 0 Å². The summed E-state index contributed by atoms with van der Waals surface area (Å²) in [5.74, 6) is -2.53. The molecule has 10 heteroatoms. The van der Waals surface area contributed by atoms with Crippen LogP contribution in [-0.4, -0.2) is 18.9 Å². The number of rotatable bonds is 4. The quantitative estimate of drug-likeness (QED) is 0.620. The lowest BCUT2D eigenvalue weighted by Crippen LogP contribution is -2.21. The van der Waals surface area contributed by atoms with Gasteiger partial charge in [0, 0.05) is 0 Å². The highest BCUT2D eigenvalue weighted by molar-refractivity contribution is 5.73. The minimum absolute atomic E-state index is 0.0225. The Hall–Kier alpha value is -2.44. The van der Waals surface area contributed by atoms with E-state index in [2.05, 4.69) is 9.47 Å². The van der Waals surface area contributed by atoms with Crippen LogP contribution in [0.3, 0.4) is 0 Å². The molecule has 0 atom stereocenters. The number of nitriles is 1. The van der Waals surface area contributed by atoms with Gasteiger partial charge >= 0.3 is 18.5 Å². The zero-order valence-electron chi connectivity index (χ0n) is 11.5. The Morgan fingerprint density at radius 1 is 1.22 bits per heavy atom. The molecule has 0 aromatic heterocycles. The van der Waals surface area contributed by atoms with Crippen LogP contribution in [0.1, 0.15) is 23.6 Å². The minimum atomic E-state index is -5.41. The molecule has 1 aromatic rings. The van der Waals surface area contributed by atoms with E-state index in [-0.39, 0.29) is 12.2 Å². The summed E-state index contributed by atoms with van der Waals surface area (Å²) in [6, 6.07) is 2.23. The lowest BCUT2D eigenvalue weighted by molar-refractivity contribution is -0.276. The van der Waals surface area contributed by atoms with Crippen molar-refractivity contribution in [1.82, 2.24) is 0 Å². The molecule has 4 nitrogen and oxygen atoms in total. The zero-order chi connectivity index (χ0) is 17.8. The van der Waals surface area contributed by atoms with Gasteiger partial charge in [0.05, 0.1) is 24.2 Å². The average Bonchev–Trinajstić information content (AvgIpc) is 2.37. The smallest absolute Gasteiger partial charge is 0.466 e. The fraction of sp³-hybridized carbons (Fsp3) is 0.385. The summed E-state index contributed by atoms with van der Waals surface area (Å²) in [5.41, 5.74) is -3.11. The van der Waals surface area contributed by atoms with Crippen molar-refractivity contribution >= 4 is 5.97 Å². The number of hydrogen-bond acceptors (Lipinski definition) is 4. The number of benzene rings is 1. The molecule has 0 aliphatic rings. The van der Waals surface area contributed by atoms with Gasteiger partial charge in [-0.3, -0.25) is 4.79 Å². The van der Waals surface area contributed by atoms with E-state index in [1.165, 1.54) is 13.0 Å². The van der Waals surface area contributed by atoms with Crippen molar-refractivity contribution in [3.8, 4) is 11.8 Å². The SMILES string of the molecule is CCOC(=O)Cc1cc(C#N)c(OC(F)(F)F)c(C(F)(F)F)c1. The summed E-state index contributed by atoms with van der Waals surface area (Å²) in [4.78, 5) is 11.3. The molecule has 23 heavy (non-hydrogen) atoms. The molecule has 1 rings (SSSR count). The van der Waals surface area contributed by atoms with Crippen LogP contribution in [-0.2, 0) is 22.1 Å². The van der Waals surface area contributed by atoms with Gasteiger partial charge in [-0.2, -0.15) is 18.4 Å². The molecule has 126 valence electrons. The van der Waals surface area contributed by atoms with Crippen molar-refractivity contribution in [2.45, 2.75) is 25.9 Å². The number of esters is 1. The zero-order valence-corrected chi connectivity index (χ0v) is 11.5. The van der Waals surface area contributed by atoms with Crippen LogP contribution >= 0.6 is 0 Å². The monoisotopic (exact) mass is 341 g/mol. The van der Waals surface area contributed by atoms with Crippen LogP contribution in [0.2, 0.25) is 0 Å². The molecule has 0 saturated heterocycles. The standard InChI is InChI=1S/C13H9F6NO3/c1-2-22-10(21)5-7-3-8(6-20)11(23-13(17,18)19)9(4-7)12(14,15)16/h3-4H,2,5H2,1H3. The highest BCUT2D eigenvalue weighted by atomic mass is 19.4. The predicted octanol–water partition coefficient (Wildman–Crippen LogP) is 3.58. The van der Waals surface area contributed by atoms with Crippen molar-refractivity contribution in [2.75, 3.05) is 6.61 Å². The number of hydrogen-bond donors (Lipinski definition) is 0. The molecule has 0 amide bonds. The molecule has 0 aliphatic heterocycles. The third kappa shape index (κ3) is 5.36. The number of carbonyl (C=O) groups excluding carboxylic acids is 1. The molecule has 0 radical (unpaired) electrons. The van der Waals surface area contributed by atoms with Gasteiger partial charge in [0.15, 0.2) is 5.75 Å². The van der Waals surface area contributed by atoms with Gasteiger partial charge in [0.1, 0.15) is 6.07 Å². The first-order chi connectivity index (χ1) is 10.5. The number of carbonyl (C=O) groups is 1. The molecule has 0 aliphatic carbocycles. The van der Waals surface area contributed by atoms with Crippen LogP contribution in [0.25, 0.3) is 0 Å². The second kappa shape index (κ2) is 6.76. The van der Waals surface area contributed by atoms with Crippen LogP contribution in [0, 0.1) is 11.3 Å². The largest absolute Gasteiger partial charge is 0.573 e. The Balaban J connectivity index is 3.41. The van der Waals surface area contributed by atoms with E-state index in [1.807, 2.05) is 0 Å². The molecule has 0 bridgehead atoms. The van der Waals surface area contributed by atoms with Gasteiger partial charge < -0.3 is 9.47 Å². The fourth-order valence-electron chi connectivity index (χ4n) is 1.69. The fourth-order valence-corrected chi connectivity index (χ4v) is 1.69. The first kappa shape index (κ1) is 18.6. The Bertz CT molecular complexity index is 630. The van der Waals surface area contributed by atoms with E-state index in [0.717, 1.165) is 0 Å². The summed E-state index contributed by atoms with van der Waals surface area (Å²) >= 11 is 0. The number of alkyl halides is 6. The molecule has 1 aromatic carbocycles. The van der Waals surface area contributed by atoms with Crippen LogP contribution in [0.15, 0.2) is 12.1 Å². The van der Waals surface area contributed by atoms with E-state index in [9.17, 15) is 31.1 Å². The highest BCUT2D eigenvalue weighted by Crippen LogP contribution is 2.41. The minimum Gasteiger partial charge on any atom is -0.466 e. The summed E-state index contributed by atoms with van der Waals surface area (Å²) in [6.07, 6.45) is -11.2. The summed E-state index contributed by atoms with van der Waals surface area (Å²) in [6.45, 7) is 1.45. The summed E-state index contributed by atoms with van der Waals surface area (Å²) < 4.78 is 83.5. The average molecular weight is 341 g/mol. The van der Waals surface area contributed by atoms with Gasteiger partial charge in [-0.15, -0.1) is 13.2 Å². The second-order valence-electron chi connectivity index (χ2n) is 4.16. The molecule has 0 saturated carbocycles. The van der Waals surface area contributed by atoms with Crippen molar-refractivity contribution in [2.24, 2.45) is 0 Å². The number of ether oxygens (including phenoxy) is 2. The Kier molecular flexibility index (Phi) is 5.47. The predicted molar refractivity (Wildman–Crippen MR) is 63.2 cm³/mol. The van der Waals surface area contributed by atoms with Gasteiger partial charge in [0.2, 0.25) is 0 Å². The Morgan fingerprint density at radius 3 is 2.26 bits per heavy atom. The van der Waals surface area contributed by atoms with Gasteiger partial charge in [-0.25, -0.2) is 0 Å². The van der Waals surface area contributed by atoms with E-state index < -0.39 is 41.8 Å². The lowest BCUT2D eigenvalue weighted by atomic mass is 10.0. The lowest BCUT2D eigenvalue weighted by Gasteiger charge is -2.17. The maximum atomic E-state index is 12.9. The van der Waals surface area contributed by atoms with Crippen LogP contribution in [0.5, 0.6) is 5.75 Å². The maximum Gasteiger partial charge on any atom is 0.573 e. The van der Waals surface area contributed by atoms with Crippen LogP contribution < -0.4 is 4.74 Å². The van der Waals surface area contributed by atoms with Crippen molar-refractivity contribution in [3.05, 3.63) is 28.8 Å². The number of halogens is 6. The van der Waals surface area contributed by atoms with E-state index in [4.69, 9.17) is 5.26 Å². The Labute approximate surface area is 126 Å². The van der Waals surface area contributed by atoms with E-state index in [0.29, 0.717) is 12.1 Å².